The number of halogens is 1. The number of hydrogen-bond acceptors (Lipinski definition) is 3. The highest BCUT2D eigenvalue weighted by atomic mass is 19.1. The molecule has 3 rings (SSSR count). The number of methoxy groups -OCH3 is 1. The Balaban J connectivity index is 2.21. The first kappa shape index (κ1) is 16.1. The van der Waals surface area contributed by atoms with Crippen LogP contribution in [-0.4, -0.2) is 23.8 Å². The smallest absolute Gasteiger partial charge is 0.355 e. The second kappa shape index (κ2) is 6.35. The topological polar surface area (TPSA) is 40.5 Å². The van der Waals surface area contributed by atoms with Gasteiger partial charge in [0.05, 0.1) is 13.2 Å². The lowest BCUT2D eigenvalue weighted by atomic mass is 10.1. The third-order valence-corrected chi connectivity index (χ3v) is 3.64. The number of nitrogens with zero attached hydrogens (tertiary/aromatic N) is 1. The Hall–Kier alpha value is -2.82. The molecular weight excluding hydrogens is 309 g/mol. The lowest BCUT2D eigenvalue weighted by molar-refractivity contribution is 0.0594. The summed E-state index contributed by atoms with van der Waals surface area (Å²) in [6.45, 7) is 3.88. The third kappa shape index (κ3) is 2.97. The van der Waals surface area contributed by atoms with E-state index >= 15 is 0 Å². The molecule has 0 aliphatic carbocycles. The van der Waals surface area contributed by atoms with Crippen LogP contribution in [0.25, 0.3) is 16.5 Å². The summed E-state index contributed by atoms with van der Waals surface area (Å²) in [5.74, 6) is -0.113. The molecule has 0 aliphatic heterocycles. The molecular formula is C19H18FNO3. The lowest BCUT2D eigenvalue weighted by Crippen LogP contribution is -2.09. The minimum Gasteiger partial charge on any atom is -0.491 e. The third-order valence-electron chi connectivity index (χ3n) is 3.64. The summed E-state index contributed by atoms with van der Waals surface area (Å²) in [5.41, 5.74) is 1.06. The molecule has 0 amide bonds. The zero-order valence-electron chi connectivity index (χ0n) is 13.7. The summed E-state index contributed by atoms with van der Waals surface area (Å²) in [6, 6.07) is 11.5. The van der Waals surface area contributed by atoms with Gasteiger partial charge >= 0.3 is 5.97 Å². The average molecular weight is 327 g/mol. The van der Waals surface area contributed by atoms with Gasteiger partial charge in [-0.15, -0.1) is 0 Å². The van der Waals surface area contributed by atoms with E-state index in [1.165, 1.54) is 19.2 Å². The predicted octanol–water partition coefficient (Wildman–Crippen LogP) is 4.34. The Morgan fingerprint density at radius 3 is 2.46 bits per heavy atom. The molecule has 0 spiro atoms. The van der Waals surface area contributed by atoms with Crippen molar-refractivity contribution in [2.45, 2.75) is 20.0 Å². The largest absolute Gasteiger partial charge is 0.491 e. The molecule has 0 saturated carbocycles. The molecule has 1 aromatic heterocycles. The molecule has 5 heteroatoms. The maximum absolute atomic E-state index is 13.2. The number of rotatable bonds is 4. The summed E-state index contributed by atoms with van der Waals surface area (Å²) >= 11 is 0. The molecule has 0 saturated heterocycles. The number of fused-ring (bicyclic) bond motifs is 1. The first-order chi connectivity index (χ1) is 11.5. The van der Waals surface area contributed by atoms with Crippen LogP contribution in [0.5, 0.6) is 5.75 Å². The second-order valence-corrected chi connectivity index (χ2v) is 5.73. The highest BCUT2D eigenvalue weighted by molar-refractivity contribution is 6.05. The molecule has 4 nitrogen and oxygen atoms in total. The van der Waals surface area contributed by atoms with Gasteiger partial charge in [0.1, 0.15) is 17.3 Å². The van der Waals surface area contributed by atoms with Crippen molar-refractivity contribution in [3.8, 4) is 11.4 Å². The van der Waals surface area contributed by atoms with Gasteiger partial charge in [-0.05, 0) is 56.3 Å². The molecule has 24 heavy (non-hydrogen) atoms. The van der Waals surface area contributed by atoms with Gasteiger partial charge in [-0.25, -0.2) is 9.18 Å². The van der Waals surface area contributed by atoms with Gasteiger partial charge in [-0.3, -0.25) is 0 Å². The zero-order valence-corrected chi connectivity index (χ0v) is 13.7. The van der Waals surface area contributed by atoms with Crippen LogP contribution in [-0.2, 0) is 4.74 Å². The van der Waals surface area contributed by atoms with Crippen molar-refractivity contribution >= 4 is 16.7 Å². The fourth-order valence-electron chi connectivity index (χ4n) is 2.64. The van der Waals surface area contributed by atoms with Gasteiger partial charge in [0.25, 0.3) is 0 Å². The van der Waals surface area contributed by atoms with Crippen molar-refractivity contribution in [2.24, 2.45) is 0 Å². The highest BCUT2D eigenvalue weighted by Crippen LogP contribution is 2.29. The molecule has 0 aliphatic rings. The molecule has 0 unspecified atom stereocenters. The Bertz CT molecular complexity index is 882. The van der Waals surface area contributed by atoms with E-state index in [0.29, 0.717) is 17.1 Å². The number of carbonyl (C=O) groups excluding carboxylic acids is 1. The van der Waals surface area contributed by atoms with Crippen LogP contribution in [0.4, 0.5) is 4.39 Å². The van der Waals surface area contributed by atoms with Crippen LogP contribution in [0.15, 0.2) is 48.7 Å². The van der Waals surface area contributed by atoms with Gasteiger partial charge in [0, 0.05) is 22.7 Å². The van der Waals surface area contributed by atoms with Crippen LogP contribution in [0, 0.1) is 5.82 Å². The van der Waals surface area contributed by atoms with Gasteiger partial charge in [0.2, 0.25) is 0 Å². The van der Waals surface area contributed by atoms with E-state index in [-0.39, 0.29) is 11.9 Å². The van der Waals surface area contributed by atoms with Crippen LogP contribution < -0.4 is 4.74 Å². The Kier molecular flexibility index (Phi) is 4.25. The molecule has 0 atom stereocenters. The van der Waals surface area contributed by atoms with Gasteiger partial charge in [-0.2, -0.15) is 0 Å². The van der Waals surface area contributed by atoms with Crippen LogP contribution in [0.2, 0.25) is 0 Å². The number of hydrogen-bond donors (Lipinski definition) is 0. The Labute approximate surface area is 139 Å². The van der Waals surface area contributed by atoms with Gasteiger partial charge in [-0.1, -0.05) is 0 Å². The van der Waals surface area contributed by atoms with E-state index in [4.69, 9.17) is 9.47 Å². The number of carbonyl (C=O) groups is 1. The van der Waals surface area contributed by atoms with E-state index in [2.05, 4.69) is 0 Å². The van der Waals surface area contributed by atoms with Crippen molar-refractivity contribution in [1.29, 1.82) is 0 Å². The quantitative estimate of drug-likeness (QED) is 0.669. The average Bonchev–Trinajstić information content (AvgIpc) is 2.93. The molecule has 0 bridgehead atoms. The summed E-state index contributed by atoms with van der Waals surface area (Å²) in [6.07, 6.45) is 1.86. The van der Waals surface area contributed by atoms with E-state index < -0.39 is 5.97 Å². The Morgan fingerprint density at radius 2 is 1.83 bits per heavy atom. The normalized spacial score (nSPS) is 11.0. The summed E-state index contributed by atoms with van der Waals surface area (Å²) in [7, 11) is 1.34. The summed E-state index contributed by atoms with van der Waals surface area (Å²) in [4.78, 5) is 12.3. The fourth-order valence-corrected chi connectivity index (χ4v) is 2.64. The van der Waals surface area contributed by atoms with E-state index in [1.807, 2.05) is 38.2 Å². The number of aromatic nitrogens is 1. The van der Waals surface area contributed by atoms with Crippen LogP contribution >= 0.6 is 0 Å². The maximum Gasteiger partial charge on any atom is 0.355 e. The maximum atomic E-state index is 13.2. The lowest BCUT2D eigenvalue weighted by Gasteiger charge is -2.10. The fraction of sp³-hybridized carbons (Fsp3) is 0.211. The number of esters is 1. The monoisotopic (exact) mass is 327 g/mol. The Morgan fingerprint density at radius 1 is 1.12 bits per heavy atom. The second-order valence-electron chi connectivity index (χ2n) is 5.73. The van der Waals surface area contributed by atoms with Crippen molar-refractivity contribution in [3.63, 3.8) is 0 Å². The standard InChI is InChI=1S/C19H18FNO3/c1-12(2)24-16-9-4-13-11-21(15-7-5-14(20)6-8-15)18(17(13)10-16)19(22)23-3/h4-12H,1-3H3. The molecule has 0 fully saturated rings. The summed E-state index contributed by atoms with van der Waals surface area (Å²) < 4.78 is 25.5. The van der Waals surface area contributed by atoms with Crippen LogP contribution in [0.1, 0.15) is 24.3 Å². The van der Waals surface area contributed by atoms with Gasteiger partial charge < -0.3 is 14.0 Å². The van der Waals surface area contributed by atoms with Crippen molar-refractivity contribution in [1.82, 2.24) is 4.57 Å². The van der Waals surface area contributed by atoms with Gasteiger partial charge in [0.15, 0.2) is 0 Å². The number of ether oxygens (including phenoxy) is 2. The van der Waals surface area contributed by atoms with E-state index in [1.54, 1.807) is 16.7 Å². The SMILES string of the molecule is COC(=O)c1c2cc(OC(C)C)ccc2cn1-c1ccc(F)cc1. The minimum atomic E-state index is -0.462. The van der Waals surface area contributed by atoms with E-state index in [9.17, 15) is 9.18 Å². The van der Waals surface area contributed by atoms with Crippen molar-refractivity contribution < 1.29 is 18.7 Å². The highest BCUT2D eigenvalue weighted by Gasteiger charge is 2.19. The predicted molar refractivity (Wildman–Crippen MR) is 90.3 cm³/mol. The molecule has 124 valence electrons. The minimum absolute atomic E-state index is 0.0308. The zero-order chi connectivity index (χ0) is 17.3. The number of benzene rings is 2. The summed E-state index contributed by atoms with van der Waals surface area (Å²) in [5, 5.41) is 1.60. The van der Waals surface area contributed by atoms with E-state index in [0.717, 1.165) is 10.8 Å². The molecule has 3 aromatic rings. The molecule has 1 heterocycles. The molecule has 0 N–H and O–H groups in total. The van der Waals surface area contributed by atoms with Crippen LogP contribution in [0.3, 0.4) is 0 Å². The van der Waals surface area contributed by atoms with Crippen molar-refractivity contribution in [3.05, 3.63) is 60.2 Å². The molecule has 0 radical (unpaired) electrons. The first-order valence-corrected chi connectivity index (χ1v) is 7.65. The molecule has 2 aromatic carbocycles. The van der Waals surface area contributed by atoms with Crippen molar-refractivity contribution in [2.75, 3.05) is 7.11 Å². The first-order valence-electron chi connectivity index (χ1n) is 7.65.